The van der Waals surface area contributed by atoms with Crippen molar-refractivity contribution >= 4 is 5.97 Å². The summed E-state index contributed by atoms with van der Waals surface area (Å²) in [7, 11) is 0. The molecular weight excluding hydrogens is 196 g/mol. The Kier molecular flexibility index (Phi) is 2.42. The van der Waals surface area contributed by atoms with Crippen molar-refractivity contribution in [2.45, 2.75) is 38.6 Å². The number of aliphatic carboxylic acids is 1. The molecule has 1 unspecified atom stereocenters. The van der Waals surface area contributed by atoms with Gasteiger partial charge in [-0.2, -0.15) is 0 Å². The zero-order valence-electron chi connectivity index (χ0n) is 8.79. The minimum Gasteiger partial charge on any atom is -0.480 e. The standard InChI is InChI=1S/C9H14N4O2/c1-5(2)7(9(14)15)13-8(6-3-4-6)10-11-12-13/h5-7H,3-4H2,1-2H3,(H,14,15). The summed E-state index contributed by atoms with van der Waals surface area (Å²) in [5.41, 5.74) is 0. The largest absolute Gasteiger partial charge is 0.480 e. The molecule has 1 aromatic heterocycles. The molecule has 1 saturated carbocycles. The Morgan fingerprint density at radius 2 is 2.20 bits per heavy atom. The van der Waals surface area contributed by atoms with Gasteiger partial charge in [-0.05, 0) is 29.2 Å². The van der Waals surface area contributed by atoms with E-state index in [4.69, 9.17) is 5.11 Å². The van der Waals surface area contributed by atoms with Gasteiger partial charge in [0.2, 0.25) is 0 Å². The van der Waals surface area contributed by atoms with Crippen LogP contribution in [-0.2, 0) is 4.79 Å². The molecule has 82 valence electrons. The van der Waals surface area contributed by atoms with Gasteiger partial charge in [-0.1, -0.05) is 13.8 Å². The van der Waals surface area contributed by atoms with Crippen molar-refractivity contribution in [2.75, 3.05) is 0 Å². The number of tetrazole rings is 1. The Labute approximate surface area is 87.3 Å². The van der Waals surface area contributed by atoms with Gasteiger partial charge in [-0.3, -0.25) is 0 Å². The zero-order chi connectivity index (χ0) is 11.0. The summed E-state index contributed by atoms with van der Waals surface area (Å²) in [4.78, 5) is 11.1. The number of nitrogens with zero attached hydrogens (tertiary/aromatic N) is 4. The summed E-state index contributed by atoms with van der Waals surface area (Å²) in [6, 6.07) is -0.657. The maximum absolute atomic E-state index is 11.1. The van der Waals surface area contributed by atoms with Crippen molar-refractivity contribution in [3.8, 4) is 0 Å². The minimum atomic E-state index is -0.876. The van der Waals surface area contributed by atoms with Crippen molar-refractivity contribution in [2.24, 2.45) is 5.92 Å². The molecule has 1 aromatic rings. The molecule has 6 nitrogen and oxygen atoms in total. The highest BCUT2D eigenvalue weighted by Gasteiger charge is 2.35. The number of hydrogen-bond acceptors (Lipinski definition) is 4. The van der Waals surface area contributed by atoms with Gasteiger partial charge in [0.1, 0.15) is 0 Å². The molecular formula is C9H14N4O2. The molecule has 1 N–H and O–H groups in total. The summed E-state index contributed by atoms with van der Waals surface area (Å²) < 4.78 is 1.46. The van der Waals surface area contributed by atoms with Crippen molar-refractivity contribution in [3.05, 3.63) is 5.82 Å². The molecule has 15 heavy (non-hydrogen) atoms. The average molecular weight is 210 g/mol. The highest BCUT2D eigenvalue weighted by Crippen LogP contribution is 2.39. The second-order valence-corrected chi connectivity index (χ2v) is 4.28. The highest BCUT2D eigenvalue weighted by molar-refractivity contribution is 5.72. The van der Waals surface area contributed by atoms with E-state index in [-0.39, 0.29) is 5.92 Å². The van der Waals surface area contributed by atoms with E-state index in [2.05, 4.69) is 15.5 Å². The van der Waals surface area contributed by atoms with E-state index >= 15 is 0 Å². The monoisotopic (exact) mass is 210 g/mol. The van der Waals surface area contributed by atoms with Crippen LogP contribution in [0.15, 0.2) is 0 Å². The van der Waals surface area contributed by atoms with Gasteiger partial charge in [0.25, 0.3) is 0 Å². The Hall–Kier alpha value is -1.46. The molecule has 0 aliphatic heterocycles. The average Bonchev–Trinajstić information content (AvgIpc) is 2.87. The normalized spacial score (nSPS) is 18.1. The fourth-order valence-electron chi connectivity index (χ4n) is 1.68. The van der Waals surface area contributed by atoms with E-state index in [9.17, 15) is 4.79 Å². The lowest BCUT2D eigenvalue weighted by molar-refractivity contribution is -0.142. The fourth-order valence-corrected chi connectivity index (χ4v) is 1.68. The van der Waals surface area contributed by atoms with Crippen molar-refractivity contribution in [1.82, 2.24) is 20.2 Å². The van der Waals surface area contributed by atoms with Crippen LogP contribution < -0.4 is 0 Å². The molecule has 0 aromatic carbocycles. The Bertz CT molecular complexity index is 370. The highest BCUT2D eigenvalue weighted by atomic mass is 16.4. The van der Waals surface area contributed by atoms with Gasteiger partial charge in [0, 0.05) is 5.92 Å². The first-order valence-electron chi connectivity index (χ1n) is 5.12. The van der Waals surface area contributed by atoms with Crippen LogP contribution in [0.25, 0.3) is 0 Å². The smallest absolute Gasteiger partial charge is 0.328 e. The number of carboxylic acids is 1. The Morgan fingerprint density at radius 1 is 1.53 bits per heavy atom. The number of aromatic nitrogens is 4. The molecule has 0 saturated heterocycles. The lowest BCUT2D eigenvalue weighted by Crippen LogP contribution is -2.26. The summed E-state index contributed by atoms with van der Waals surface area (Å²) in [5, 5.41) is 20.4. The molecule has 2 rings (SSSR count). The van der Waals surface area contributed by atoms with Crippen LogP contribution in [0.3, 0.4) is 0 Å². The van der Waals surface area contributed by atoms with E-state index in [1.807, 2.05) is 13.8 Å². The molecule has 6 heteroatoms. The van der Waals surface area contributed by atoms with Crippen LogP contribution in [0.4, 0.5) is 0 Å². The third-order valence-corrected chi connectivity index (χ3v) is 2.61. The van der Waals surface area contributed by atoms with Gasteiger partial charge in [0.05, 0.1) is 0 Å². The van der Waals surface area contributed by atoms with Crippen LogP contribution in [0.5, 0.6) is 0 Å². The summed E-state index contributed by atoms with van der Waals surface area (Å²) in [6.45, 7) is 3.72. The maximum atomic E-state index is 11.1. The molecule has 0 amide bonds. The third kappa shape index (κ3) is 1.84. The quantitative estimate of drug-likeness (QED) is 0.796. The molecule has 1 heterocycles. The van der Waals surface area contributed by atoms with E-state index in [0.29, 0.717) is 5.92 Å². The SMILES string of the molecule is CC(C)C(C(=O)O)n1nnnc1C1CC1. The molecule has 1 atom stereocenters. The third-order valence-electron chi connectivity index (χ3n) is 2.61. The van der Waals surface area contributed by atoms with Gasteiger partial charge in [0.15, 0.2) is 11.9 Å². The molecule has 1 aliphatic carbocycles. The van der Waals surface area contributed by atoms with Crippen LogP contribution in [-0.4, -0.2) is 31.3 Å². The van der Waals surface area contributed by atoms with Crippen molar-refractivity contribution in [3.63, 3.8) is 0 Å². The number of carbonyl (C=O) groups is 1. The van der Waals surface area contributed by atoms with Gasteiger partial charge in [-0.25, -0.2) is 9.48 Å². The second-order valence-electron chi connectivity index (χ2n) is 4.28. The van der Waals surface area contributed by atoms with Crippen LogP contribution >= 0.6 is 0 Å². The minimum absolute atomic E-state index is 0.0245. The first kappa shape index (κ1) is 10.1. The molecule has 0 spiro atoms. The van der Waals surface area contributed by atoms with Crippen LogP contribution in [0.1, 0.15) is 44.5 Å². The maximum Gasteiger partial charge on any atom is 0.328 e. The molecule has 1 fully saturated rings. The predicted molar refractivity (Wildman–Crippen MR) is 51.3 cm³/mol. The Balaban J connectivity index is 2.32. The second kappa shape index (κ2) is 3.60. The lowest BCUT2D eigenvalue weighted by Gasteiger charge is -2.17. The van der Waals surface area contributed by atoms with Crippen LogP contribution in [0.2, 0.25) is 0 Å². The molecule has 1 aliphatic rings. The number of rotatable bonds is 4. The molecule has 0 bridgehead atoms. The summed E-state index contributed by atoms with van der Waals surface area (Å²) in [5.74, 6) is 0.180. The van der Waals surface area contributed by atoms with Gasteiger partial charge >= 0.3 is 5.97 Å². The van der Waals surface area contributed by atoms with Crippen molar-refractivity contribution in [1.29, 1.82) is 0 Å². The fraction of sp³-hybridized carbons (Fsp3) is 0.778. The molecule has 0 radical (unpaired) electrons. The zero-order valence-corrected chi connectivity index (χ0v) is 8.79. The van der Waals surface area contributed by atoms with E-state index in [1.54, 1.807) is 0 Å². The van der Waals surface area contributed by atoms with Crippen molar-refractivity contribution < 1.29 is 9.90 Å². The number of carboxylic acid groups (broad SMARTS) is 1. The topological polar surface area (TPSA) is 80.9 Å². The van der Waals surface area contributed by atoms with E-state index in [1.165, 1.54) is 4.68 Å². The Morgan fingerprint density at radius 3 is 2.67 bits per heavy atom. The predicted octanol–water partition coefficient (Wildman–Crippen LogP) is 0.832. The van der Waals surface area contributed by atoms with Gasteiger partial charge in [-0.15, -0.1) is 5.10 Å². The first-order chi connectivity index (χ1) is 7.11. The van der Waals surface area contributed by atoms with Crippen LogP contribution in [0, 0.1) is 5.92 Å². The lowest BCUT2D eigenvalue weighted by atomic mass is 10.0. The first-order valence-corrected chi connectivity index (χ1v) is 5.12. The van der Waals surface area contributed by atoms with Gasteiger partial charge < -0.3 is 5.11 Å². The van der Waals surface area contributed by atoms with E-state index < -0.39 is 12.0 Å². The summed E-state index contributed by atoms with van der Waals surface area (Å²) >= 11 is 0. The number of hydrogen-bond donors (Lipinski definition) is 1. The summed E-state index contributed by atoms with van der Waals surface area (Å²) in [6.07, 6.45) is 2.12. The van der Waals surface area contributed by atoms with E-state index in [0.717, 1.165) is 18.7 Å².